The van der Waals surface area contributed by atoms with E-state index in [2.05, 4.69) is 26.6 Å². The zero-order chi connectivity index (χ0) is 9.26. The van der Waals surface area contributed by atoms with Gasteiger partial charge in [0, 0.05) is 5.92 Å². The Morgan fingerprint density at radius 3 is 2.77 bits per heavy atom. The van der Waals surface area contributed by atoms with Gasteiger partial charge in [-0.3, -0.25) is 9.51 Å². The molecule has 1 fully saturated rings. The van der Waals surface area contributed by atoms with Crippen molar-refractivity contribution in [3.8, 4) is 0 Å². The summed E-state index contributed by atoms with van der Waals surface area (Å²) < 4.78 is 4.47. The van der Waals surface area contributed by atoms with Crippen molar-refractivity contribution in [3.63, 3.8) is 0 Å². The lowest BCUT2D eigenvalue weighted by Gasteiger charge is -2.26. The van der Waals surface area contributed by atoms with Crippen molar-refractivity contribution in [2.75, 3.05) is 20.1 Å². The van der Waals surface area contributed by atoms with E-state index >= 15 is 0 Å². The molecule has 13 heavy (non-hydrogen) atoms. The predicted molar refractivity (Wildman–Crippen MR) is 46.6 cm³/mol. The lowest BCUT2D eigenvalue weighted by atomic mass is 9.97. The van der Waals surface area contributed by atoms with Crippen molar-refractivity contribution in [1.29, 1.82) is 0 Å². The number of hydrogen-bond donors (Lipinski definition) is 1. The summed E-state index contributed by atoms with van der Waals surface area (Å²) in [6.07, 6.45) is 2.08. The van der Waals surface area contributed by atoms with Gasteiger partial charge < -0.3 is 4.90 Å². The van der Waals surface area contributed by atoms with Crippen molar-refractivity contribution >= 4 is 0 Å². The van der Waals surface area contributed by atoms with Crippen molar-refractivity contribution in [2.45, 2.75) is 18.8 Å². The summed E-state index contributed by atoms with van der Waals surface area (Å²) in [7, 11) is 2.10. The molecule has 1 N–H and O–H groups in total. The molecule has 1 saturated heterocycles. The number of nitrogens with zero attached hydrogens (tertiary/aromatic N) is 2. The second kappa shape index (κ2) is 3.33. The van der Waals surface area contributed by atoms with Gasteiger partial charge in [-0.25, -0.2) is 4.79 Å². The van der Waals surface area contributed by atoms with E-state index in [0.29, 0.717) is 11.7 Å². The Bertz CT molecular complexity index is 322. The monoisotopic (exact) mass is 183 g/mol. The van der Waals surface area contributed by atoms with E-state index in [4.69, 9.17) is 0 Å². The fourth-order valence-corrected chi connectivity index (χ4v) is 1.70. The van der Waals surface area contributed by atoms with Crippen LogP contribution in [-0.2, 0) is 0 Å². The van der Waals surface area contributed by atoms with Gasteiger partial charge in [-0.05, 0) is 33.0 Å². The van der Waals surface area contributed by atoms with Crippen LogP contribution < -0.4 is 5.76 Å². The van der Waals surface area contributed by atoms with Gasteiger partial charge in [0.1, 0.15) is 0 Å². The number of likely N-dealkylation sites (tertiary alicyclic amines) is 1. The van der Waals surface area contributed by atoms with Crippen molar-refractivity contribution < 1.29 is 4.52 Å². The lowest BCUT2D eigenvalue weighted by Crippen LogP contribution is -2.29. The quantitative estimate of drug-likeness (QED) is 0.674. The van der Waals surface area contributed by atoms with Crippen molar-refractivity contribution in [1.82, 2.24) is 15.0 Å². The molecule has 1 aromatic rings. The molecule has 5 heteroatoms. The average molecular weight is 183 g/mol. The summed E-state index contributed by atoms with van der Waals surface area (Å²) in [6, 6.07) is 0. The topological polar surface area (TPSA) is 62.1 Å². The van der Waals surface area contributed by atoms with Gasteiger partial charge in [0.05, 0.1) is 0 Å². The first-order chi connectivity index (χ1) is 6.25. The number of piperidine rings is 1. The maximum Gasteiger partial charge on any atom is 0.438 e. The molecule has 1 aromatic heterocycles. The van der Waals surface area contributed by atoms with E-state index in [1.165, 1.54) is 0 Å². The highest BCUT2D eigenvalue weighted by Gasteiger charge is 2.21. The third-order valence-electron chi connectivity index (χ3n) is 2.56. The smallest absolute Gasteiger partial charge is 0.306 e. The van der Waals surface area contributed by atoms with Crippen LogP contribution in [0.2, 0.25) is 0 Å². The van der Waals surface area contributed by atoms with Gasteiger partial charge in [0.25, 0.3) is 0 Å². The molecular formula is C8H13N3O2. The molecule has 5 nitrogen and oxygen atoms in total. The molecule has 0 atom stereocenters. The van der Waals surface area contributed by atoms with Crippen LogP contribution in [-0.4, -0.2) is 35.2 Å². The number of nitrogens with one attached hydrogen (secondary N) is 1. The maximum atomic E-state index is 10.7. The molecule has 2 heterocycles. The third kappa shape index (κ3) is 1.80. The summed E-state index contributed by atoms with van der Waals surface area (Å²) in [4.78, 5) is 15.6. The minimum Gasteiger partial charge on any atom is -0.306 e. The lowest BCUT2D eigenvalue weighted by molar-refractivity contribution is 0.248. The first-order valence-electron chi connectivity index (χ1n) is 4.50. The van der Waals surface area contributed by atoms with E-state index in [1.54, 1.807) is 0 Å². The normalized spacial score (nSPS) is 20.7. The first-order valence-corrected chi connectivity index (χ1v) is 4.50. The van der Waals surface area contributed by atoms with Crippen LogP contribution in [0, 0.1) is 0 Å². The van der Waals surface area contributed by atoms with Gasteiger partial charge in [-0.1, -0.05) is 5.16 Å². The average Bonchev–Trinajstić information content (AvgIpc) is 2.53. The minimum absolute atomic E-state index is 0.364. The molecule has 0 amide bonds. The van der Waals surface area contributed by atoms with Crippen molar-refractivity contribution in [2.24, 2.45) is 0 Å². The number of H-pyrrole nitrogens is 1. The fraction of sp³-hybridized carbons (Fsp3) is 0.750. The Labute approximate surface area is 75.7 Å². The van der Waals surface area contributed by atoms with Crippen LogP contribution in [0.25, 0.3) is 0 Å². The van der Waals surface area contributed by atoms with Gasteiger partial charge in [-0.2, -0.15) is 0 Å². The van der Waals surface area contributed by atoms with E-state index < -0.39 is 5.76 Å². The van der Waals surface area contributed by atoms with E-state index in [9.17, 15) is 4.79 Å². The largest absolute Gasteiger partial charge is 0.438 e. The molecule has 0 saturated carbocycles. The number of hydrogen-bond acceptors (Lipinski definition) is 4. The molecule has 1 aliphatic heterocycles. The third-order valence-corrected chi connectivity index (χ3v) is 2.56. The summed E-state index contributed by atoms with van der Waals surface area (Å²) in [5, 5.41) is 3.70. The zero-order valence-corrected chi connectivity index (χ0v) is 7.62. The van der Waals surface area contributed by atoms with Crippen molar-refractivity contribution in [3.05, 3.63) is 16.4 Å². The van der Waals surface area contributed by atoms with Gasteiger partial charge >= 0.3 is 5.76 Å². The van der Waals surface area contributed by atoms with Gasteiger partial charge in [0.15, 0.2) is 5.82 Å². The molecule has 72 valence electrons. The Morgan fingerprint density at radius 1 is 1.54 bits per heavy atom. The molecule has 2 rings (SSSR count). The van der Waals surface area contributed by atoms with E-state index in [-0.39, 0.29) is 0 Å². The number of aromatic nitrogens is 2. The highest BCUT2D eigenvalue weighted by atomic mass is 16.5. The first kappa shape index (κ1) is 8.50. The molecule has 0 bridgehead atoms. The molecule has 0 spiro atoms. The van der Waals surface area contributed by atoms with Gasteiger partial charge in [0.2, 0.25) is 0 Å². The number of aromatic amines is 1. The second-order valence-electron chi connectivity index (χ2n) is 3.56. The maximum absolute atomic E-state index is 10.7. The van der Waals surface area contributed by atoms with E-state index in [1.807, 2.05) is 0 Å². The molecule has 0 unspecified atom stereocenters. The van der Waals surface area contributed by atoms with Crippen LogP contribution in [0.3, 0.4) is 0 Å². The summed E-state index contributed by atoms with van der Waals surface area (Å²) >= 11 is 0. The Balaban J connectivity index is 2.06. The zero-order valence-electron chi connectivity index (χ0n) is 7.62. The summed E-state index contributed by atoms with van der Waals surface area (Å²) in [5.74, 6) is 0.620. The molecule has 0 aliphatic carbocycles. The van der Waals surface area contributed by atoms with Gasteiger partial charge in [-0.15, -0.1) is 0 Å². The highest BCUT2D eigenvalue weighted by Crippen LogP contribution is 2.23. The molecular weight excluding hydrogens is 170 g/mol. The van der Waals surface area contributed by atoms with Crippen LogP contribution in [0.5, 0.6) is 0 Å². The van der Waals surface area contributed by atoms with Crippen LogP contribution >= 0.6 is 0 Å². The Morgan fingerprint density at radius 2 is 2.23 bits per heavy atom. The summed E-state index contributed by atoms with van der Waals surface area (Å²) in [6.45, 7) is 2.11. The molecule has 0 radical (unpaired) electrons. The van der Waals surface area contributed by atoms with Crippen LogP contribution in [0.15, 0.2) is 9.32 Å². The predicted octanol–water partition coefficient (Wildman–Crippen LogP) is 0.172. The molecule has 1 aliphatic rings. The second-order valence-corrected chi connectivity index (χ2v) is 3.56. The fourth-order valence-electron chi connectivity index (χ4n) is 1.70. The minimum atomic E-state index is -0.450. The standard InChI is InChI=1S/C8H13N3O2/c1-11-4-2-6(3-5-11)7-9-8(12)13-10-7/h6H,2-5H2,1H3,(H,9,10,12). The van der Waals surface area contributed by atoms with Crippen LogP contribution in [0.1, 0.15) is 24.6 Å². The molecule has 0 aromatic carbocycles. The van der Waals surface area contributed by atoms with Crippen LogP contribution in [0.4, 0.5) is 0 Å². The highest BCUT2D eigenvalue weighted by molar-refractivity contribution is 4.94. The Kier molecular flexibility index (Phi) is 2.18. The summed E-state index contributed by atoms with van der Waals surface area (Å²) in [5.41, 5.74) is 0. The number of rotatable bonds is 1. The Hall–Kier alpha value is -1.10. The SMILES string of the molecule is CN1CCC(c2noc(=O)[nH]2)CC1. The van der Waals surface area contributed by atoms with E-state index in [0.717, 1.165) is 25.9 Å².